The molecule has 2 aliphatic rings. The summed E-state index contributed by atoms with van der Waals surface area (Å²) in [6.07, 6.45) is 2.96. The van der Waals surface area contributed by atoms with E-state index in [4.69, 9.17) is 0 Å². The highest BCUT2D eigenvalue weighted by molar-refractivity contribution is 6.17. The lowest BCUT2D eigenvalue weighted by atomic mass is 9.97. The van der Waals surface area contributed by atoms with Crippen molar-refractivity contribution in [1.82, 2.24) is 0 Å². The van der Waals surface area contributed by atoms with Crippen molar-refractivity contribution in [3.05, 3.63) is 59.9 Å². The van der Waals surface area contributed by atoms with Gasteiger partial charge in [-0.05, 0) is 61.6 Å². The number of aryl methyl sites for hydroxylation is 1. The summed E-state index contributed by atoms with van der Waals surface area (Å²) in [5, 5.41) is 2.76. The number of nitrogens with one attached hydrogen (secondary N) is 1. The minimum Gasteiger partial charge on any atom is -0.325 e. The highest BCUT2D eigenvalue weighted by atomic mass is 19.1. The minimum atomic E-state index is -0.987. The van der Waals surface area contributed by atoms with Crippen LogP contribution in [-0.4, -0.2) is 18.4 Å². The predicted molar refractivity (Wildman–Crippen MR) is 93.8 cm³/mol. The zero-order valence-electron chi connectivity index (χ0n) is 13.8. The van der Waals surface area contributed by atoms with Gasteiger partial charge < -0.3 is 10.2 Å². The van der Waals surface area contributed by atoms with E-state index in [-0.39, 0.29) is 17.6 Å². The highest BCUT2D eigenvalue weighted by Gasteiger charge is 2.58. The molecule has 1 aliphatic heterocycles. The number of hydrogen-bond acceptors (Lipinski definition) is 2. The van der Waals surface area contributed by atoms with Crippen LogP contribution in [0.2, 0.25) is 0 Å². The van der Waals surface area contributed by atoms with Gasteiger partial charge in [-0.3, -0.25) is 9.59 Å². The molecule has 0 spiro atoms. The third-order valence-electron chi connectivity index (χ3n) is 5.05. The largest absolute Gasteiger partial charge is 0.325 e. The lowest BCUT2D eigenvalue weighted by Gasteiger charge is -2.32. The maximum atomic E-state index is 13.1. The smallest absolute Gasteiger partial charge is 0.242 e. The van der Waals surface area contributed by atoms with Crippen LogP contribution in [0.15, 0.2) is 48.5 Å². The highest BCUT2D eigenvalue weighted by Crippen LogP contribution is 2.49. The van der Waals surface area contributed by atoms with E-state index in [9.17, 15) is 14.0 Å². The summed E-state index contributed by atoms with van der Waals surface area (Å²) in [4.78, 5) is 27.6. The molecule has 1 fully saturated rings. The fourth-order valence-electron chi connectivity index (χ4n) is 3.45. The fraction of sp³-hybridized carbons (Fsp3) is 0.300. The van der Waals surface area contributed by atoms with Crippen molar-refractivity contribution in [2.45, 2.75) is 25.7 Å². The number of carbonyl (C=O) groups is 2. The van der Waals surface area contributed by atoms with Gasteiger partial charge in [0.25, 0.3) is 0 Å². The Hall–Kier alpha value is -2.69. The van der Waals surface area contributed by atoms with E-state index >= 15 is 0 Å². The number of carbonyl (C=O) groups excluding carboxylic acids is 2. The molecule has 2 amide bonds. The Morgan fingerprint density at radius 3 is 2.48 bits per heavy atom. The van der Waals surface area contributed by atoms with E-state index in [0.29, 0.717) is 25.1 Å². The summed E-state index contributed by atoms with van der Waals surface area (Å²) in [5.41, 5.74) is 1.58. The molecule has 0 atom stereocenters. The van der Waals surface area contributed by atoms with Gasteiger partial charge in [0.15, 0.2) is 0 Å². The molecule has 128 valence electrons. The molecule has 0 bridgehead atoms. The van der Waals surface area contributed by atoms with E-state index in [2.05, 4.69) is 5.32 Å². The molecule has 4 nitrogen and oxygen atoms in total. The predicted octanol–water partition coefficient (Wildman–Crippen LogP) is 3.52. The third kappa shape index (κ3) is 2.80. The van der Waals surface area contributed by atoms with Gasteiger partial charge in [0.1, 0.15) is 11.2 Å². The number of fused-ring (bicyclic) bond motifs is 1. The lowest BCUT2D eigenvalue weighted by Crippen LogP contribution is -2.45. The van der Waals surface area contributed by atoms with Crippen molar-refractivity contribution in [3.8, 4) is 0 Å². The van der Waals surface area contributed by atoms with Crippen LogP contribution < -0.4 is 10.2 Å². The molecule has 4 rings (SSSR count). The van der Waals surface area contributed by atoms with E-state index in [1.54, 1.807) is 4.90 Å². The van der Waals surface area contributed by atoms with E-state index in [1.807, 2.05) is 24.3 Å². The maximum absolute atomic E-state index is 13.1. The number of rotatable bonds is 3. The van der Waals surface area contributed by atoms with Crippen LogP contribution in [0.5, 0.6) is 0 Å². The van der Waals surface area contributed by atoms with Gasteiger partial charge >= 0.3 is 0 Å². The van der Waals surface area contributed by atoms with Crippen LogP contribution in [0.3, 0.4) is 0 Å². The number of halogens is 1. The zero-order chi connectivity index (χ0) is 17.4. The number of amides is 2. The Morgan fingerprint density at radius 2 is 1.76 bits per heavy atom. The first-order valence-corrected chi connectivity index (χ1v) is 8.57. The SMILES string of the molecule is O=C(Nc1ccc(F)cc1)C1(C(=O)N2CCCc3ccccc32)CC1. The average Bonchev–Trinajstić information content (AvgIpc) is 3.44. The summed E-state index contributed by atoms with van der Waals surface area (Å²) in [6.45, 7) is 0.640. The Kier molecular flexibility index (Phi) is 3.79. The minimum absolute atomic E-state index is 0.126. The number of hydrogen-bond donors (Lipinski definition) is 1. The van der Waals surface area contributed by atoms with Crippen LogP contribution in [0, 0.1) is 11.2 Å². The first kappa shape index (κ1) is 15.8. The Bertz CT molecular complexity index is 828. The van der Waals surface area contributed by atoms with Crippen LogP contribution in [0.4, 0.5) is 15.8 Å². The molecule has 2 aromatic carbocycles. The molecule has 1 aliphatic carbocycles. The number of nitrogens with zero attached hydrogens (tertiary/aromatic N) is 1. The number of benzene rings is 2. The van der Waals surface area contributed by atoms with Crippen molar-refractivity contribution < 1.29 is 14.0 Å². The van der Waals surface area contributed by atoms with Crippen LogP contribution in [0.1, 0.15) is 24.8 Å². The molecule has 5 heteroatoms. The molecule has 0 aromatic heterocycles. The topological polar surface area (TPSA) is 49.4 Å². The average molecular weight is 338 g/mol. The van der Waals surface area contributed by atoms with Gasteiger partial charge in [-0.25, -0.2) is 4.39 Å². The van der Waals surface area contributed by atoms with Crippen molar-refractivity contribution in [2.75, 3.05) is 16.8 Å². The first-order valence-electron chi connectivity index (χ1n) is 8.57. The third-order valence-corrected chi connectivity index (χ3v) is 5.05. The molecule has 1 saturated carbocycles. The summed E-state index contributed by atoms with van der Waals surface area (Å²) in [7, 11) is 0. The Labute approximate surface area is 145 Å². The molecular formula is C20H19FN2O2. The Balaban J connectivity index is 1.56. The molecular weight excluding hydrogens is 319 g/mol. The van der Waals surface area contributed by atoms with E-state index in [0.717, 1.165) is 24.1 Å². The lowest BCUT2D eigenvalue weighted by molar-refractivity contribution is -0.132. The van der Waals surface area contributed by atoms with Gasteiger partial charge in [-0.15, -0.1) is 0 Å². The molecule has 1 N–H and O–H groups in total. The normalized spacial score (nSPS) is 17.6. The second-order valence-electron chi connectivity index (χ2n) is 6.73. The van der Waals surface area contributed by atoms with E-state index in [1.165, 1.54) is 24.3 Å². The van der Waals surface area contributed by atoms with Gasteiger partial charge in [0.2, 0.25) is 11.8 Å². The fourth-order valence-corrected chi connectivity index (χ4v) is 3.45. The monoisotopic (exact) mass is 338 g/mol. The molecule has 0 unspecified atom stereocenters. The summed E-state index contributed by atoms with van der Waals surface area (Å²) >= 11 is 0. The van der Waals surface area contributed by atoms with Gasteiger partial charge in [0.05, 0.1) is 0 Å². The molecule has 1 heterocycles. The van der Waals surface area contributed by atoms with Crippen LogP contribution >= 0.6 is 0 Å². The van der Waals surface area contributed by atoms with Gasteiger partial charge in [-0.1, -0.05) is 18.2 Å². The van der Waals surface area contributed by atoms with Crippen molar-refractivity contribution in [3.63, 3.8) is 0 Å². The number of para-hydroxylation sites is 1. The summed E-state index contributed by atoms with van der Waals surface area (Å²) in [6, 6.07) is 13.5. The van der Waals surface area contributed by atoms with Crippen LogP contribution in [0.25, 0.3) is 0 Å². The first-order chi connectivity index (χ1) is 12.1. The molecule has 0 saturated heterocycles. The van der Waals surface area contributed by atoms with Crippen molar-refractivity contribution in [2.24, 2.45) is 5.41 Å². The quantitative estimate of drug-likeness (QED) is 0.871. The second kappa shape index (κ2) is 5.99. The number of anilines is 2. The molecule has 2 aromatic rings. The maximum Gasteiger partial charge on any atom is 0.242 e. The molecule has 25 heavy (non-hydrogen) atoms. The zero-order valence-corrected chi connectivity index (χ0v) is 13.8. The van der Waals surface area contributed by atoms with Gasteiger partial charge in [-0.2, -0.15) is 0 Å². The molecule has 0 radical (unpaired) electrons. The van der Waals surface area contributed by atoms with Crippen molar-refractivity contribution in [1.29, 1.82) is 0 Å². The van der Waals surface area contributed by atoms with Crippen molar-refractivity contribution >= 4 is 23.2 Å². The Morgan fingerprint density at radius 1 is 1.04 bits per heavy atom. The summed E-state index contributed by atoms with van der Waals surface area (Å²) < 4.78 is 13.0. The van der Waals surface area contributed by atoms with Gasteiger partial charge in [0, 0.05) is 17.9 Å². The second-order valence-corrected chi connectivity index (χ2v) is 6.73. The van der Waals surface area contributed by atoms with Crippen LogP contribution in [-0.2, 0) is 16.0 Å². The summed E-state index contributed by atoms with van der Waals surface area (Å²) in [5.74, 6) is -0.786. The van der Waals surface area contributed by atoms with E-state index < -0.39 is 5.41 Å². The standard InChI is InChI=1S/C20H19FN2O2/c21-15-7-9-16(10-8-15)22-18(24)20(11-12-20)19(25)23-13-3-5-14-4-1-2-6-17(14)23/h1-2,4,6-10H,3,5,11-13H2,(H,22,24).